The Labute approximate surface area is 124 Å². The number of nitrogens with zero attached hydrogens (tertiary/aromatic N) is 2. The van der Waals surface area contributed by atoms with Crippen molar-refractivity contribution in [3.63, 3.8) is 0 Å². The Morgan fingerprint density at radius 1 is 1.59 bits per heavy atom. The standard InChI is InChI=1S/C9H9Br2N3OS2/c1-15-3-2-14-8(12-13-9(14)16)6-4-5(10)7(11)17-6/h4H,2-3H2,1H3,(H,13,16). The van der Waals surface area contributed by atoms with Crippen molar-refractivity contribution in [1.29, 1.82) is 0 Å². The number of methoxy groups -OCH3 is 1. The van der Waals surface area contributed by atoms with Crippen LogP contribution < -0.4 is 0 Å². The van der Waals surface area contributed by atoms with Gasteiger partial charge >= 0.3 is 0 Å². The second-order valence-electron chi connectivity index (χ2n) is 3.23. The van der Waals surface area contributed by atoms with Gasteiger partial charge in [-0.05, 0) is 50.1 Å². The second-order valence-corrected chi connectivity index (χ2v) is 6.84. The van der Waals surface area contributed by atoms with E-state index in [-0.39, 0.29) is 0 Å². The average molecular weight is 399 g/mol. The molecule has 0 aromatic carbocycles. The number of rotatable bonds is 4. The third-order valence-electron chi connectivity index (χ3n) is 2.14. The van der Waals surface area contributed by atoms with Crippen LogP contribution >= 0.6 is 55.4 Å². The van der Waals surface area contributed by atoms with Crippen molar-refractivity contribution in [2.45, 2.75) is 6.54 Å². The van der Waals surface area contributed by atoms with Gasteiger partial charge in [-0.15, -0.1) is 11.3 Å². The van der Waals surface area contributed by atoms with Gasteiger partial charge in [0.25, 0.3) is 0 Å². The van der Waals surface area contributed by atoms with E-state index in [1.54, 1.807) is 18.4 Å². The molecule has 92 valence electrons. The monoisotopic (exact) mass is 397 g/mol. The van der Waals surface area contributed by atoms with Crippen LogP contribution in [0.5, 0.6) is 0 Å². The number of nitrogens with one attached hydrogen (secondary N) is 1. The molecule has 0 aliphatic carbocycles. The van der Waals surface area contributed by atoms with E-state index >= 15 is 0 Å². The quantitative estimate of drug-likeness (QED) is 0.795. The maximum atomic E-state index is 5.20. The Kier molecular flexibility index (Phi) is 4.53. The van der Waals surface area contributed by atoms with Gasteiger partial charge in [0.05, 0.1) is 21.8 Å². The topological polar surface area (TPSA) is 42.8 Å². The van der Waals surface area contributed by atoms with Crippen LogP contribution in [0.2, 0.25) is 0 Å². The largest absolute Gasteiger partial charge is 0.383 e. The van der Waals surface area contributed by atoms with Gasteiger partial charge in [0.15, 0.2) is 10.6 Å². The zero-order valence-corrected chi connectivity index (χ0v) is 13.7. The molecule has 0 saturated carbocycles. The number of H-pyrrole nitrogens is 1. The Hall–Kier alpha value is -0.0200. The highest BCUT2D eigenvalue weighted by Crippen LogP contribution is 2.37. The first-order chi connectivity index (χ1) is 8.13. The summed E-state index contributed by atoms with van der Waals surface area (Å²) in [7, 11) is 1.67. The van der Waals surface area contributed by atoms with Crippen LogP contribution in [0.1, 0.15) is 0 Å². The van der Waals surface area contributed by atoms with Crippen LogP contribution in [0.25, 0.3) is 10.7 Å². The highest BCUT2D eigenvalue weighted by Gasteiger charge is 2.13. The van der Waals surface area contributed by atoms with Crippen molar-refractivity contribution in [3.8, 4) is 10.7 Å². The number of aromatic nitrogens is 3. The first-order valence-corrected chi connectivity index (χ1v) is 7.54. The molecule has 0 unspecified atom stereocenters. The lowest BCUT2D eigenvalue weighted by Crippen LogP contribution is -2.05. The van der Waals surface area contributed by atoms with Crippen LogP contribution in [0.3, 0.4) is 0 Å². The van der Waals surface area contributed by atoms with Crippen LogP contribution in [-0.4, -0.2) is 28.5 Å². The zero-order chi connectivity index (χ0) is 12.4. The van der Waals surface area contributed by atoms with Gasteiger partial charge < -0.3 is 4.74 Å². The third-order valence-corrected chi connectivity index (χ3v) is 5.71. The molecule has 0 amide bonds. The van der Waals surface area contributed by atoms with Crippen molar-refractivity contribution < 1.29 is 4.74 Å². The summed E-state index contributed by atoms with van der Waals surface area (Å²) in [5.41, 5.74) is 0. The summed E-state index contributed by atoms with van der Waals surface area (Å²) in [6.07, 6.45) is 0. The third kappa shape index (κ3) is 2.87. The Morgan fingerprint density at radius 2 is 2.35 bits per heavy atom. The highest BCUT2D eigenvalue weighted by molar-refractivity contribution is 9.13. The molecule has 2 aromatic rings. The van der Waals surface area contributed by atoms with Gasteiger partial charge in [0.1, 0.15) is 0 Å². The van der Waals surface area contributed by atoms with Gasteiger partial charge in [-0.25, -0.2) is 0 Å². The fraction of sp³-hybridized carbons (Fsp3) is 0.333. The first-order valence-electron chi connectivity index (χ1n) is 4.73. The fourth-order valence-corrected chi connectivity index (χ4v) is 3.61. The minimum atomic E-state index is 0.606. The predicted molar refractivity (Wildman–Crippen MR) is 78.0 cm³/mol. The van der Waals surface area contributed by atoms with Gasteiger partial charge in [-0.1, -0.05) is 0 Å². The molecular weight excluding hydrogens is 390 g/mol. The molecule has 0 atom stereocenters. The van der Waals surface area contributed by atoms with Crippen LogP contribution in [0.15, 0.2) is 14.3 Å². The molecular formula is C9H9Br2N3OS2. The van der Waals surface area contributed by atoms with E-state index in [2.05, 4.69) is 42.1 Å². The van der Waals surface area contributed by atoms with Gasteiger partial charge in [0.2, 0.25) is 0 Å². The Balaban J connectivity index is 2.41. The van der Waals surface area contributed by atoms with Crippen molar-refractivity contribution in [2.24, 2.45) is 0 Å². The van der Waals surface area contributed by atoms with Crippen LogP contribution in [0.4, 0.5) is 0 Å². The zero-order valence-electron chi connectivity index (χ0n) is 8.87. The minimum Gasteiger partial charge on any atom is -0.383 e. The summed E-state index contributed by atoms with van der Waals surface area (Å²) in [5.74, 6) is 0.837. The van der Waals surface area contributed by atoms with E-state index in [0.29, 0.717) is 17.9 Å². The van der Waals surface area contributed by atoms with Gasteiger partial charge in [0, 0.05) is 11.6 Å². The van der Waals surface area contributed by atoms with Crippen molar-refractivity contribution in [3.05, 3.63) is 19.1 Å². The fourth-order valence-electron chi connectivity index (χ4n) is 1.35. The van der Waals surface area contributed by atoms with Gasteiger partial charge in [-0.3, -0.25) is 9.67 Å². The molecule has 4 nitrogen and oxygen atoms in total. The highest BCUT2D eigenvalue weighted by atomic mass is 79.9. The minimum absolute atomic E-state index is 0.606. The number of halogens is 2. The SMILES string of the molecule is COCCn1c(-c2cc(Br)c(Br)s2)n[nH]c1=S. The molecule has 8 heteroatoms. The van der Waals surface area contributed by atoms with Gasteiger partial charge in [-0.2, -0.15) is 5.10 Å². The molecule has 1 N–H and O–H groups in total. The smallest absolute Gasteiger partial charge is 0.195 e. The summed E-state index contributed by atoms with van der Waals surface area (Å²) >= 11 is 13.7. The van der Waals surface area contributed by atoms with Crippen molar-refractivity contribution in [2.75, 3.05) is 13.7 Å². The van der Waals surface area contributed by atoms with Crippen molar-refractivity contribution >= 4 is 55.4 Å². The lowest BCUT2D eigenvalue weighted by molar-refractivity contribution is 0.187. The molecule has 17 heavy (non-hydrogen) atoms. The summed E-state index contributed by atoms with van der Waals surface area (Å²) in [5, 5.41) is 7.06. The van der Waals surface area contributed by atoms with Crippen LogP contribution in [-0.2, 0) is 11.3 Å². The first kappa shape index (κ1) is 13.4. The summed E-state index contributed by atoms with van der Waals surface area (Å²) in [6, 6.07) is 2.02. The lowest BCUT2D eigenvalue weighted by Gasteiger charge is -2.03. The van der Waals surface area contributed by atoms with Crippen LogP contribution in [0, 0.1) is 4.77 Å². The van der Waals surface area contributed by atoms with E-state index in [4.69, 9.17) is 17.0 Å². The summed E-state index contributed by atoms with van der Waals surface area (Å²) < 4.78 is 9.67. The van der Waals surface area contributed by atoms with E-state index in [0.717, 1.165) is 19.0 Å². The van der Waals surface area contributed by atoms with E-state index < -0.39 is 0 Å². The molecule has 0 saturated heterocycles. The maximum Gasteiger partial charge on any atom is 0.195 e. The molecule has 2 rings (SSSR count). The molecule has 0 aliphatic rings. The molecule has 0 fully saturated rings. The second kappa shape index (κ2) is 5.75. The normalized spacial score (nSPS) is 11.0. The molecule has 0 aliphatic heterocycles. The van der Waals surface area contributed by atoms with E-state index in [9.17, 15) is 0 Å². The number of hydrogen-bond donors (Lipinski definition) is 1. The molecule has 2 heterocycles. The summed E-state index contributed by atoms with van der Waals surface area (Å²) in [6.45, 7) is 1.29. The van der Waals surface area contributed by atoms with E-state index in [1.165, 1.54) is 0 Å². The predicted octanol–water partition coefficient (Wildman–Crippen LogP) is 3.84. The molecule has 0 spiro atoms. The van der Waals surface area contributed by atoms with E-state index in [1.807, 2.05) is 10.6 Å². The molecule has 2 aromatic heterocycles. The number of hydrogen-bond acceptors (Lipinski definition) is 4. The number of aromatic amines is 1. The number of thiophene rings is 1. The summed E-state index contributed by atoms with van der Waals surface area (Å²) in [4.78, 5) is 1.05. The molecule has 0 radical (unpaired) electrons. The van der Waals surface area contributed by atoms with Crippen molar-refractivity contribution in [1.82, 2.24) is 14.8 Å². The Bertz CT molecular complexity index is 556. The average Bonchev–Trinajstić information content (AvgIpc) is 2.81. The number of ether oxygens (including phenoxy) is 1. The Morgan fingerprint density at radius 3 is 2.94 bits per heavy atom. The molecule has 0 bridgehead atoms. The lowest BCUT2D eigenvalue weighted by atomic mass is 10.4. The maximum absolute atomic E-state index is 5.20.